The van der Waals surface area contributed by atoms with Crippen LogP contribution in [0.5, 0.6) is 0 Å². The molecule has 0 aliphatic rings. The lowest BCUT2D eigenvalue weighted by Crippen LogP contribution is -2.38. The highest BCUT2D eigenvalue weighted by molar-refractivity contribution is 8.14. The average molecular weight is 429 g/mol. The third-order valence-corrected chi connectivity index (χ3v) is 5.55. The van der Waals surface area contributed by atoms with Gasteiger partial charge in [0.1, 0.15) is 5.25 Å². The Morgan fingerprint density at radius 2 is 1.50 bits per heavy atom. The van der Waals surface area contributed by atoms with Gasteiger partial charge in [-0.1, -0.05) is 66.4 Å². The number of hydrogen-bond acceptors (Lipinski definition) is 5. The molecular weight excluding hydrogens is 406 g/mol. The molecule has 0 heterocycles. The molecular formula is C22H23NO6S. The first-order valence-electron chi connectivity index (χ1n) is 9.35. The fourth-order valence-corrected chi connectivity index (χ4v) is 3.61. The second-order valence-corrected chi connectivity index (χ2v) is 7.92. The molecule has 2 rings (SSSR count). The van der Waals surface area contributed by atoms with Crippen LogP contribution >= 0.6 is 11.8 Å². The van der Waals surface area contributed by atoms with E-state index in [-0.39, 0.29) is 19.3 Å². The first-order chi connectivity index (χ1) is 14.3. The van der Waals surface area contributed by atoms with Crippen LogP contribution in [0.4, 0.5) is 0 Å². The van der Waals surface area contributed by atoms with E-state index in [1.807, 2.05) is 54.6 Å². The third-order valence-electron chi connectivity index (χ3n) is 4.31. The smallest absolute Gasteiger partial charge is 0.317 e. The van der Waals surface area contributed by atoms with E-state index in [0.717, 1.165) is 16.7 Å². The van der Waals surface area contributed by atoms with Crippen LogP contribution in [0, 0.1) is 0 Å². The normalized spacial score (nSPS) is 12.6. The fourth-order valence-electron chi connectivity index (χ4n) is 2.69. The number of carboxylic acid groups (broad SMARTS) is 2. The number of amides is 1. The molecule has 3 N–H and O–H groups in total. The molecule has 0 saturated heterocycles. The van der Waals surface area contributed by atoms with Gasteiger partial charge in [-0.3, -0.25) is 19.2 Å². The Morgan fingerprint density at radius 3 is 2.07 bits per heavy atom. The van der Waals surface area contributed by atoms with Crippen LogP contribution in [0.2, 0.25) is 0 Å². The van der Waals surface area contributed by atoms with Gasteiger partial charge in [0.25, 0.3) is 0 Å². The van der Waals surface area contributed by atoms with E-state index in [1.165, 1.54) is 6.92 Å². The van der Waals surface area contributed by atoms with Crippen molar-refractivity contribution in [2.24, 2.45) is 0 Å². The molecule has 0 aliphatic carbocycles. The van der Waals surface area contributed by atoms with E-state index in [0.29, 0.717) is 11.8 Å². The maximum atomic E-state index is 12.3. The highest BCUT2D eigenvalue weighted by Gasteiger charge is 2.26. The molecule has 0 bridgehead atoms. The summed E-state index contributed by atoms with van der Waals surface area (Å²) in [4.78, 5) is 46.1. The minimum atomic E-state index is -1.12. The molecule has 2 atom stereocenters. The maximum absolute atomic E-state index is 12.3. The van der Waals surface area contributed by atoms with E-state index in [4.69, 9.17) is 5.11 Å². The standard InChI is InChI=1S/C22H23NO6S/c1-14(23-19(24)11-12-20(25)26)22(29)30-18(21(27)28)13-15-7-9-17(10-8-15)16-5-3-2-4-6-16/h2-10,14,18H,11-13H2,1H3,(H,23,24)(H,25,26)(H,27,28)/t14-,18-/m1/s1. The van der Waals surface area contributed by atoms with Crippen LogP contribution in [0.3, 0.4) is 0 Å². The molecule has 7 nitrogen and oxygen atoms in total. The Morgan fingerprint density at radius 1 is 0.900 bits per heavy atom. The highest BCUT2D eigenvalue weighted by Crippen LogP contribution is 2.23. The van der Waals surface area contributed by atoms with Gasteiger partial charge in [-0.25, -0.2) is 0 Å². The Bertz CT molecular complexity index is 898. The minimum Gasteiger partial charge on any atom is -0.481 e. The van der Waals surface area contributed by atoms with E-state index in [2.05, 4.69) is 5.32 Å². The van der Waals surface area contributed by atoms with Gasteiger partial charge in [-0.05, 0) is 30.0 Å². The quantitative estimate of drug-likeness (QED) is 0.531. The molecule has 30 heavy (non-hydrogen) atoms. The highest BCUT2D eigenvalue weighted by atomic mass is 32.2. The molecule has 0 unspecified atom stereocenters. The number of thioether (sulfide) groups is 1. The predicted octanol–water partition coefficient (Wildman–Crippen LogP) is 2.98. The van der Waals surface area contributed by atoms with Crippen molar-refractivity contribution in [3.63, 3.8) is 0 Å². The van der Waals surface area contributed by atoms with Crippen molar-refractivity contribution in [1.82, 2.24) is 5.32 Å². The molecule has 2 aromatic carbocycles. The summed E-state index contributed by atoms with van der Waals surface area (Å²) >= 11 is 0.653. The van der Waals surface area contributed by atoms with Crippen LogP contribution < -0.4 is 5.32 Å². The predicted molar refractivity (Wildman–Crippen MR) is 114 cm³/mol. The topological polar surface area (TPSA) is 121 Å². The molecule has 8 heteroatoms. The van der Waals surface area contributed by atoms with Crippen LogP contribution in [0.15, 0.2) is 54.6 Å². The monoisotopic (exact) mass is 429 g/mol. The first-order valence-corrected chi connectivity index (χ1v) is 10.2. The van der Waals surface area contributed by atoms with Crippen LogP contribution in [-0.2, 0) is 25.6 Å². The van der Waals surface area contributed by atoms with Crippen molar-refractivity contribution in [2.75, 3.05) is 0 Å². The van der Waals surface area contributed by atoms with E-state index >= 15 is 0 Å². The van der Waals surface area contributed by atoms with Gasteiger partial charge in [0.2, 0.25) is 11.0 Å². The molecule has 0 saturated carbocycles. The summed E-state index contributed by atoms with van der Waals surface area (Å²) in [5.41, 5.74) is 2.84. The van der Waals surface area contributed by atoms with E-state index in [1.54, 1.807) is 0 Å². The van der Waals surface area contributed by atoms with Crippen molar-refractivity contribution in [3.05, 3.63) is 60.2 Å². The number of aliphatic carboxylic acids is 2. The molecule has 0 radical (unpaired) electrons. The number of nitrogens with one attached hydrogen (secondary N) is 1. The van der Waals surface area contributed by atoms with Gasteiger partial charge in [0.05, 0.1) is 12.5 Å². The molecule has 1 amide bonds. The molecule has 0 aliphatic heterocycles. The lowest BCUT2D eigenvalue weighted by Gasteiger charge is -2.16. The summed E-state index contributed by atoms with van der Waals surface area (Å²) in [6.45, 7) is 1.45. The SMILES string of the molecule is C[C@@H](NC(=O)CCC(=O)O)C(=O)S[C@H](Cc1ccc(-c2ccccc2)cc1)C(=O)O. The van der Waals surface area contributed by atoms with Gasteiger partial charge in [0.15, 0.2) is 0 Å². The van der Waals surface area contributed by atoms with Crippen LogP contribution in [0.1, 0.15) is 25.3 Å². The lowest BCUT2D eigenvalue weighted by atomic mass is 10.0. The second kappa shape index (κ2) is 11.2. The summed E-state index contributed by atoms with van der Waals surface area (Å²) in [5, 5.41) is 19.0. The minimum absolute atomic E-state index is 0.153. The maximum Gasteiger partial charge on any atom is 0.317 e. The van der Waals surface area contributed by atoms with Crippen molar-refractivity contribution < 1.29 is 29.4 Å². The summed E-state index contributed by atoms with van der Waals surface area (Å²) in [7, 11) is 0. The van der Waals surface area contributed by atoms with Gasteiger partial charge in [0, 0.05) is 6.42 Å². The molecule has 2 aromatic rings. The Labute approximate surface area is 178 Å². The van der Waals surface area contributed by atoms with Crippen molar-refractivity contribution >= 4 is 34.7 Å². The summed E-state index contributed by atoms with van der Waals surface area (Å²) < 4.78 is 0. The summed E-state index contributed by atoms with van der Waals surface area (Å²) in [6, 6.07) is 16.3. The zero-order chi connectivity index (χ0) is 22.1. The number of benzene rings is 2. The van der Waals surface area contributed by atoms with Gasteiger partial charge in [-0.15, -0.1) is 0 Å². The number of carbonyl (C=O) groups excluding carboxylic acids is 2. The largest absolute Gasteiger partial charge is 0.481 e. The van der Waals surface area contributed by atoms with Crippen LogP contribution in [-0.4, -0.2) is 44.5 Å². The number of carbonyl (C=O) groups is 4. The summed E-state index contributed by atoms with van der Waals surface area (Å²) in [5.74, 6) is -2.80. The molecule has 0 fully saturated rings. The zero-order valence-electron chi connectivity index (χ0n) is 16.4. The van der Waals surface area contributed by atoms with E-state index < -0.39 is 34.3 Å². The Hall–Kier alpha value is -3.13. The van der Waals surface area contributed by atoms with E-state index in [9.17, 15) is 24.3 Å². The second-order valence-electron chi connectivity index (χ2n) is 6.71. The number of hydrogen-bond donors (Lipinski definition) is 3. The summed E-state index contributed by atoms with van der Waals surface area (Å²) in [6.07, 6.45) is -0.426. The van der Waals surface area contributed by atoms with Gasteiger partial charge < -0.3 is 15.5 Å². The van der Waals surface area contributed by atoms with Crippen molar-refractivity contribution in [1.29, 1.82) is 0 Å². The van der Waals surface area contributed by atoms with Gasteiger partial charge in [-0.2, -0.15) is 0 Å². The zero-order valence-corrected chi connectivity index (χ0v) is 17.2. The Kier molecular flexibility index (Phi) is 8.61. The molecule has 0 spiro atoms. The van der Waals surface area contributed by atoms with Gasteiger partial charge >= 0.3 is 11.9 Å². The number of carboxylic acids is 2. The fraction of sp³-hybridized carbons (Fsp3) is 0.273. The van der Waals surface area contributed by atoms with Crippen LogP contribution in [0.25, 0.3) is 11.1 Å². The van der Waals surface area contributed by atoms with Crippen molar-refractivity contribution in [3.8, 4) is 11.1 Å². The number of rotatable bonds is 10. The lowest BCUT2D eigenvalue weighted by molar-refractivity contribution is -0.139. The molecule has 0 aromatic heterocycles. The van der Waals surface area contributed by atoms with Crippen molar-refractivity contribution in [2.45, 2.75) is 37.5 Å². The average Bonchev–Trinajstić information content (AvgIpc) is 2.72. The molecule has 158 valence electrons. The first kappa shape index (κ1) is 23.2. The Balaban J connectivity index is 1.95. The third kappa shape index (κ3) is 7.36.